The van der Waals surface area contributed by atoms with E-state index in [1.165, 1.54) is 0 Å². The van der Waals surface area contributed by atoms with Gasteiger partial charge in [0.15, 0.2) is 0 Å². The maximum absolute atomic E-state index is 11.2. The Kier molecular flexibility index (Phi) is 11.5. The minimum atomic E-state index is -0.582. The molecule has 4 atom stereocenters. The van der Waals surface area contributed by atoms with Gasteiger partial charge < -0.3 is 20.4 Å². The Morgan fingerprint density at radius 1 is 0.793 bits per heavy atom. The highest BCUT2D eigenvalue weighted by molar-refractivity contribution is 5.05. The zero-order valence-electron chi connectivity index (χ0n) is 18.2. The van der Waals surface area contributed by atoms with E-state index < -0.39 is 5.60 Å². The van der Waals surface area contributed by atoms with Crippen molar-refractivity contribution >= 4 is 0 Å². The Labute approximate surface area is 177 Å². The Balaban J connectivity index is 1.78. The second-order valence-corrected chi connectivity index (χ2v) is 9.31. The minimum absolute atomic E-state index is 0.199. The van der Waals surface area contributed by atoms with Crippen LogP contribution in [0.15, 0.2) is 24.3 Å². The van der Waals surface area contributed by atoms with Crippen LogP contribution >= 0.6 is 0 Å². The summed E-state index contributed by atoms with van der Waals surface area (Å²) in [7, 11) is 0. The van der Waals surface area contributed by atoms with Gasteiger partial charge in [0.25, 0.3) is 0 Å². The topological polar surface area (TPSA) is 80.9 Å². The maximum atomic E-state index is 11.2. The Hall–Kier alpha value is -0.680. The van der Waals surface area contributed by atoms with Crippen LogP contribution in [0, 0.1) is 17.8 Å². The first kappa shape index (κ1) is 24.6. The van der Waals surface area contributed by atoms with Crippen LogP contribution in [0.25, 0.3) is 0 Å². The van der Waals surface area contributed by atoms with Crippen LogP contribution in [0.2, 0.25) is 0 Å². The number of aliphatic hydroxyl groups is 4. The quantitative estimate of drug-likeness (QED) is 0.224. The molecule has 0 saturated heterocycles. The van der Waals surface area contributed by atoms with Crippen molar-refractivity contribution in [1.29, 1.82) is 0 Å². The summed E-state index contributed by atoms with van der Waals surface area (Å²) in [6.07, 6.45) is 22.2. The van der Waals surface area contributed by atoms with E-state index >= 15 is 0 Å². The van der Waals surface area contributed by atoms with Gasteiger partial charge >= 0.3 is 0 Å². The molecule has 4 nitrogen and oxygen atoms in total. The minimum Gasteiger partial charge on any atom is -0.396 e. The van der Waals surface area contributed by atoms with Crippen LogP contribution in [0.1, 0.15) is 89.9 Å². The van der Waals surface area contributed by atoms with Crippen molar-refractivity contribution in [3.8, 4) is 0 Å². The summed E-state index contributed by atoms with van der Waals surface area (Å²) in [5.74, 6) is 1.13. The van der Waals surface area contributed by atoms with Crippen LogP contribution in [-0.2, 0) is 0 Å². The highest BCUT2D eigenvalue weighted by atomic mass is 16.3. The number of allylic oxidation sites excluding steroid dienone is 2. The third kappa shape index (κ3) is 8.92. The predicted molar refractivity (Wildman–Crippen MR) is 119 cm³/mol. The van der Waals surface area contributed by atoms with Gasteiger partial charge in [0.05, 0.1) is 11.7 Å². The van der Waals surface area contributed by atoms with Crippen LogP contribution in [-0.4, -0.2) is 45.3 Å². The first-order valence-electron chi connectivity index (χ1n) is 12.0. The van der Waals surface area contributed by atoms with Gasteiger partial charge in [-0.3, -0.25) is 0 Å². The molecule has 4 N–H and O–H groups in total. The lowest BCUT2D eigenvalue weighted by molar-refractivity contribution is 0.00904. The molecule has 0 aromatic heterocycles. The second kappa shape index (κ2) is 13.6. The van der Waals surface area contributed by atoms with Crippen molar-refractivity contribution < 1.29 is 20.4 Å². The molecule has 0 aliphatic heterocycles. The van der Waals surface area contributed by atoms with Gasteiger partial charge in [0.1, 0.15) is 0 Å². The van der Waals surface area contributed by atoms with Crippen molar-refractivity contribution in [3.05, 3.63) is 24.3 Å². The molecule has 0 aromatic carbocycles. The molecule has 2 fully saturated rings. The van der Waals surface area contributed by atoms with E-state index in [-0.39, 0.29) is 25.2 Å². The van der Waals surface area contributed by atoms with E-state index in [1.54, 1.807) is 0 Å². The molecule has 168 valence electrons. The van der Waals surface area contributed by atoms with Crippen LogP contribution in [0.3, 0.4) is 0 Å². The number of rotatable bonds is 16. The molecule has 0 amide bonds. The van der Waals surface area contributed by atoms with Crippen LogP contribution in [0.4, 0.5) is 0 Å². The van der Waals surface area contributed by atoms with Gasteiger partial charge in [-0.15, -0.1) is 0 Å². The van der Waals surface area contributed by atoms with Gasteiger partial charge in [-0.25, -0.2) is 0 Å². The zero-order chi connectivity index (χ0) is 21.0. The summed E-state index contributed by atoms with van der Waals surface area (Å²) in [5.41, 5.74) is -0.582. The lowest BCUT2D eigenvalue weighted by atomic mass is 9.85. The standard InChI is InChI=1S/C25H44O4/c26-19-8-4-1-2-6-11-21-13-16-24(28)23(21)12-10-18-25(29,22-14-15-22)17-7-3-5-9-20-27/h2,6,10,12,21-24,26-29H,1,3-5,7-9,11,13-20H2/t21-,23+,24+,25?/m0/s1. The average molecular weight is 409 g/mol. The smallest absolute Gasteiger partial charge is 0.0710 e. The van der Waals surface area contributed by atoms with Gasteiger partial charge in [0.2, 0.25) is 0 Å². The lowest BCUT2D eigenvalue weighted by Gasteiger charge is -2.27. The van der Waals surface area contributed by atoms with Gasteiger partial charge in [-0.1, -0.05) is 43.6 Å². The maximum Gasteiger partial charge on any atom is 0.0710 e. The molecule has 1 unspecified atom stereocenters. The number of aliphatic hydroxyl groups excluding tert-OH is 3. The molecular formula is C25H44O4. The molecule has 2 saturated carbocycles. The molecule has 0 spiro atoms. The van der Waals surface area contributed by atoms with Crippen molar-refractivity contribution in [2.24, 2.45) is 17.8 Å². The fourth-order valence-corrected chi connectivity index (χ4v) is 4.83. The van der Waals surface area contributed by atoms with E-state index in [0.717, 1.165) is 83.5 Å². The summed E-state index contributed by atoms with van der Waals surface area (Å²) in [6.45, 7) is 0.532. The molecular weight excluding hydrogens is 364 g/mol. The lowest BCUT2D eigenvalue weighted by Crippen LogP contribution is -2.30. The molecule has 2 aliphatic rings. The number of hydrogen-bond acceptors (Lipinski definition) is 4. The van der Waals surface area contributed by atoms with Crippen LogP contribution < -0.4 is 0 Å². The third-order valence-corrected chi connectivity index (χ3v) is 6.89. The third-order valence-electron chi connectivity index (χ3n) is 6.89. The van der Waals surface area contributed by atoms with Gasteiger partial charge in [-0.2, -0.15) is 0 Å². The van der Waals surface area contributed by atoms with E-state index in [1.807, 2.05) is 0 Å². The Morgan fingerprint density at radius 2 is 1.52 bits per heavy atom. The van der Waals surface area contributed by atoms with E-state index in [9.17, 15) is 10.2 Å². The largest absolute Gasteiger partial charge is 0.396 e. The predicted octanol–water partition coefficient (Wildman–Crippen LogP) is 4.51. The summed E-state index contributed by atoms with van der Waals surface area (Å²) in [4.78, 5) is 0. The second-order valence-electron chi connectivity index (χ2n) is 9.31. The SMILES string of the molecule is OCCCCC=CC[C@H]1CC[C@@H](O)[C@@H]1C=CCC(O)(CCCCCCO)C1CC1. The van der Waals surface area contributed by atoms with Crippen molar-refractivity contribution in [2.75, 3.05) is 13.2 Å². The monoisotopic (exact) mass is 408 g/mol. The summed E-state index contributed by atoms with van der Waals surface area (Å²) < 4.78 is 0. The van der Waals surface area contributed by atoms with Crippen molar-refractivity contribution in [2.45, 2.75) is 102 Å². The summed E-state index contributed by atoms with van der Waals surface area (Å²) in [5, 5.41) is 39.3. The summed E-state index contributed by atoms with van der Waals surface area (Å²) in [6, 6.07) is 0. The first-order valence-corrected chi connectivity index (χ1v) is 12.0. The summed E-state index contributed by atoms with van der Waals surface area (Å²) >= 11 is 0. The molecule has 29 heavy (non-hydrogen) atoms. The molecule has 2 rings (SSSR count). The normalized spacial score (nSPS) is 27.2. The number of hydrogen-bond donors (Lipinski definition) is 4. The average Bonchev–Trinajstić information content (AvgIpc) is 3.51. The molecule has 0 aromatic rings. The molecule has 4 heteroatoms. The van der Waals surface area contributed by atoms with E-state index in [4.69, 9.17) is 10.2 Å². The Morgan fingerprint density at radius 3 is 2.24 bits per heavy atom. The number of unbranched alkanes of at least 4 members (excludes halogenated alkanes) is 5. The first-order chi connectivity index (χ1) is 14.1. The van der Waals surface area contributed by atoms with E-state index in [0.29, 0.717) is 18.3 Å². The molecule has 0 radical (unpaired) electrons. The molecule has 0 heterocycles. The van der Waals surface area contributed by atoms with Gasteiger partial charge in [0, 0.05) is 19.1 Å². The van der Waals surface area contributed by atoms with Crippen molar-refractivity contribution in [1.82, 2.24) is 0 Å². The highest BCUT2D eigenvalue weighted by Gasteiger charge is 2.42. The molecule has 0 bridgehead atoms. The highest BCUT2D eigenvalue weighted by Crippen LogP contribution is 2.45. The van der Waals surface area contributed by atoms with Crippen LogP contribution in [0.5, 0.6) is 0 Å². The van der Waals surface area contributed by atoms with Gasteiger partial charge in [-0.05, 0) is 82.5 Å². The fraction of sp³-hybridized carbons (Fsp3) is 0.840. The van der Waals surface area contributed by atoms with E-state index in [2.05, 4.69) is 24.3 Å². The Bertz CT molecular complexity index is 485. The molecule has 2 aliphatic carbocycles. The van der Waals surface area contributed by atoms with Crippen molar-refractivity contribution in [3.63, 3.8) is 0 Å². The zero-order valence-corrected chi connectivity index (χ0v) is 18.2. The fourth-order valence-electron chi connectivity index (χ4n) is 4.83.